The topological polar surface area (TPSA) is 50.8 Å². The minimum Gasteiger partial charge on any atom is -0.577 e. The first-order valence-corrected chi connectivity index (χ1v) is 6.00. The zero-order valence-electron chi connectivity index (χ0n) is 11.2. The molecule has 1 aromatic heterocycles. The van der Waals surface area contributed by atoms with Crippen molar-refractivity contribution in [2.45, 2.75) is 51.6 Å². The van der Waals surface area contributed by atoms with Crippen molar-refractivity contribution in [1.29, 1.82) is 5.26 Å². The van der Waals surface area contributed by atoms with E-state index < -0.39 is 17.4 Å². The second-order valence-electron chi connectivity index (χ2n) is 4.14. The Hall–Kier alpha value is -0.913. The van der Waals surface area contributed by atoms with Gasteiger partial charge in [0.25, 0.3) is 0 Å². The van der Waals surface area contributed by atoms with E-state index in [4.69, 9.17) is 5.26 Å². The fourth-order valence-electron chi connectivity index (χ4n) is 1.73. The summed E-state index contributed by atoms with van der Waals surface area (Å²) in [5.41, 5.74) is -1.41. The number of halogens is 3. The Bertz CT molecular complexity index is 421. The number of hydrogen-bond acceptors (Lipinski definition) is 2. The van der Waals surface area contributed by atoms with Gasteiger partial charge in [-0.3, -0.25) is 0 Å². The van der Waals surface area contributed by atoms with Crippen LogP contribution in [-0.4, -0.2) is 5.10 Å². The van der Waals surface area contributed by atoms with Crippen molar-refractivity contribution in [2.75, 3.05) is 0 Å². The van der Waals surface area contributed by atoms with Crippen molar-refractivity contribution in [3.05, 3.63) is 17.0 Å². The summed E-state index contributed by atoms with van der Waals surface area (Å²) in [6, 6.07) is 1.56. The molecule has 0 aromatic carbocycles. The first-order chi connectivity index (χ1) is 8.50. The summed E-state index contributed by atoms with van der Waals surface area (Å²) in [4.78, 5) is 0. The molecule has 0 aliphatic rings. The van der Waals surface area contributed by atoms with Crippen LogP contribution in [0.2, 0.25) is 0 Å². The normalized spacial score (nSPS) is 10.9. The van der Waals surface area contributed by atoms with Crippen LogP contribution in [0.3, 0.4) is 0 Å². The maximum atomic E-state index is 12.5. The van der Waals surface area contributed by atoms with Gasteiger partial charge in [0.05, 0.1) is 11.6 Å². The predicted molar refractivity (Wildman–Crippen MR) is 59.7 cm³/mol. The maximum Gasteiger partial charge on any atom is 1.00 e. The van der Waals surface area contributed by atoms with E-state index in [2.05, 4.69) is 17.1 Å². The van der Waals surface area contributed by atoms with E-state index in [1.807, 2.05) is 0 Å². The van der Waals surface area contributed by atoms with Crippen LogP contribution < -0.4 is 24.0 Å². The van der Waals surface area contributed by atoms with E-state index in [0.29, 0.717) is 6.42 Å². The summed E-state index contributed by atoms with van der Waals surface area (Å²) in [5, 5.41) is 15.3. The molecule has 0 aliphatic heterocycles. The van der Waals surface area contributed by atoms with Crippen molar-refractivity contribution < 1.29 is 32.0 Å². The molecule has 7 heteroatoms. The third kappa shape index (κ3) is 5.30. The summed E-state index contributed by atoms with van der Waals surface area (Å²) >= 11 is 0. The van der Waals surface area contributed by atoms with Crippen LogP contribution in [0.1, 0.15) is 56.0 Å². The number of nitrogens with zero attached hydrogens (tertiary/aromatic N) is 3. The first-order valence-electron chi connectivity index (χ1n) is 6.00. The summed E-state index contributed by atoms with van der Waals surface area (Å²) in [7, 11) is 0. The summed E-state index contributed by atoms with van der Waals surface area (Å²) < 4.78 is 37.5. The number of aryl methyl sites for hydroxylation is 1. The average molecular weight is 265 g/mol. The van der Waals surface area contributed by atoms with Crippen LogP contribution >= 0.6 is 0 Å². The quantitative estimate of drug-likeness (QED) is 0.554. The van der Waals surface area contributed by atoms with Crippen LogP contribution in [0.4, 0.5) is 13.2 Å². The molecule has 0 bridgehead atoms. The smallest absolute Gasteiger partial charge is 0.577 e. The molecule has 1 heterocycles. The molecule has 1 aromatic rings. The number of unbranched alkanes of at least 4 members (excludes halogenated alkanes) is 4. The van der Waals surface area contributed by atoms with E-state index in [-0.39, 0.29) is 24.6 Å². The van der Waals surface area contributed by atoms with Crippen LogP contribution in [0, 0.1) is 11.3 Å². The monoisotopic (exact) mass is 265 g/mol. The molecule has 0 saturated heterocycles. The molecule has 0 spiro atoms. The Balaban J connectivity index is 0.00000324. The zero-order chi connectivity index (χ0) is 13.6. The van der Waals surface area contributed by atoms with Crippen molar-refractivity contribution in [2.24, 2.45) is 0 Å². The zero-order valence-corrected chi connectivity index (χ0v) is 11.2. The van der Waals surface area contributed by atoms with Gasteiger partial charge in [0, 0.05) is 0 Å². The fourth-order valence-corrected chi connectivity index (χ4v) is 1.73. The fraction of sp³-hybridized carbons (Fsp3) is 0.667. The largest absolute Gasteiger partial charge is 1.00 e. The van der Waals surface area contributed by atoms with Gasteiger partial charge in [-0.2, -0.15) is 18.4 Å². The van der Waals surface area contributed by atoms with Crippen molar-refractivity contribution >= 4 is 0 Å². The van der Waals surface area contributed by atoms with Gasteiger partial charge in [-0.25, -0.2) is 0 Å². The second kappa shape index (κ2) is 8.30. The minimum atomic E-state index is -4.60. The second-order valence-corrected chi connectivity index (χ2v) is 4.14. The Morgan fingerprint density at radius 2 is 1.84 bits per heavy atom. The van der Waals surface area contributed by atoms with Gasteiger partial charge < -0.3 is 10.2 Å². The number of aromatic nitrogens is 2. The number of rotatable bonds is 6. The Morgan fingerprint density at radius 1 is 1.21 bits per heavy atom. The van der Waals surface area contributed by atoms with Crippen LogP contribution in [0.25, 0.3) is 0 Å². The molecule has 100 valence electrons. The molecule has 0 saturated carbocycles. The molecule has 3 nitrogen and oxygen atoms in total. The maximum absolute atomic E-state index is 12.5. The summed E-state index contributed by atoms with van der Waals surface area (Å²) in [6.07, 6.45) is 0.744. The van der Waals surface area contributed by atoms with Crippen molar-refractivity contribution in [1.82, 2.24) is 10.2 Å². The SMILES string of the molecule is CCCCCCCc1[n-]nc(C(F)(F)F)c1C#N.[Li+]. The van der Waals surface area contributed by atoms with Crippen LogP contribution in [-0.2, 0) is 12.6 Å². The van der Waals surface area contributed by atoms with E-state index >= 15 is 0 Å². The third-order valence-electron chi connectivity index (χ3n) is 2.69. The van der Waals surface area contributed by atoms with Gasteiger partial charge >= 0.3 is 25.0 Å². The summed E-state index contributed by atoms with van der Waals surface area (Å²) in [6.45, 7) is 2.09. The molecule has 0 aliphatic carbocycles. The van der Waals surface area contributed by atoms with Gasteiger partial charge in [0.2, 0.25) is 0 Å². The van der Waals surface area contributed by atoms with Gasteiger partial charge in [-0.15, -0.1) is 5.69 Å². The molecule has 0 fully saturated rings. The van der Waals surface area contributed by atoms with E-state index in [1.54, 1.807) is 6.07 Å². The molecule has 0 amide bonds. The molecule has 0 N–H and O–H groups in total. The predicted octanol–water partition coefficient (Wildman–Crippen LogP) is 0.446. The average Bonchev–Trinajstić information content (AvgIpc) is 2.71. The van der Waals surface area contributed by atoms with E-state index in [0.717, 1.165) is 32.1 Å². The Kier molecular flexibility index (Phi) is 7.90. The number of hydrogen-bond donors (Lipinski definition) is 0. The first kappa shape index (κ1) is 18.1. The molecule has 0 radical (unpaired) electrons. The minimum absolute atomic E-state index is 0. The van der Waals surface area contributed by atoms with Gasteiger partial charge in [0.1, 0.15) is 5.69 Å². The molecular formula is C12H15F3LiN3. The third-order valence-corrected chi connectivity index (χ3v) is 2.69. The van der Waals surface area contributed by atoms with E-state index in [1.165, 1.54) is 0 Å². The van der Waals surface area contributed by atoms with E-state index in [9.17, 15) is 13.2 Å². The van der Waals surface area contributed by atoms with Crippen molar-refractivity contribution in [3.8, 4) is 6.07 Å². The number of nitriles is 1. The molecule has 1 rings (SSSR count). The summed E-state index contributed by atoms with van der Waals surface area (Å²) in [5.74, 6) is 0. The molecule has 0 unspecified atom stereocenters. The molecule has 19 heavy (non-hydrogen) atoms. The standard InChI is InChI=1S/C12H15F3N3.Li/c1-2-3-4-5-6-7-10-9(8-16)11(18-17-10)12(13,14)15;/h2-7H2,1H3;/q-1;+1. The van der Waals surface area contributed by atoms with Crippen LogP contribution in [0.15, 0.2) is 0 Å². The van der Waals surface area contributed by atoms with Gasteiger partial charge in [-0.05, 0) is 6.42 Å². The van der Waals surface area contributed by atoms with Gasteiger partial charge in [0.15, 0.2) is 0 Å². The molecular weight excluding hydrogens is 250 g/mol. The van der Waals surface area contributed by atoms with Gasteiger partial charge in [-0.1, -0.05) is 39.0 Å². The number of alkyl halides is 3. The Labute approximate surface area is 122 Å². The Morgan fingerprint density at radius 3 is 2.37 bits per heavy atom. The van der Waals surface area contributed by atoms with Crippen LogP contribution in [0.5, 0.6) is 0 Å². The molecule has 0 atom stereocenters. The van der Waals surface area contributed by atoms with Crippen molar-refractivity contribution in [3.63, 3.8) is 0 Å².